The molecule has 0 aliphatic carbocycles. The molecule has 1 aromatic heterocycles. The number of nitriles is 1. The van der Waals surface area contributed by atoms with E-state index in [0.717, 1.165) is 5.56 Å². The van der Waals surface area contributed by atoms with Crippen LogP contribution in [0.1, 0.15) is 11.5 Å². The number of halogens is 1. The van der Waals surface area contributed by atoms with Gasteiger partial charge in [0.25, 0.3) is 0 Å². The van der Waals surface area contributed by atoms with Crippen molar-refractivity contribution in [2.75, 3.05) is 20.3 Å². The Labute approximate surface area is 174 Å². The minimum atomic E-state index is -3.83. The molecule has 150 valence electrons. The molecular weight excluding hydrogens is 414 g/mol. The number of aromatic nitrogens is 1. The molecule has 9 heteroatoms. The molecule has 0 bridgehead atoms. The second kappa shape index (κ2) is 9.20. The van der Waals surface area contributed by atoms with Gasteiger partial charge in [-0.25, -0.2) is 13.4 Å². The van der Waals surface area contributed by atoms with E-state index in [1.807, 2.05) is 6.07 Å². The lowest BCUT2D eigenvalue weighted by molar-refractivity contribution is 0.174. The highest BCUT2D eigenvalue weighted by Gasteiger charge is 2.26. The van der Waals surface area contributed by atoms with Crippen LogP contribution in [0.4, 0.5) is 0 Å². The summed E-state index contributed by atoms with van der Waals surface area (Å²) in [4.78, 5) is 4.29. The number of sulfonamides is 1. The van der Waals surface area contributed by atoms with Gasteiger partial charge in [-0.3, -0.25) is 0 Å². The van der Waals surface area contributed by atoms with Gasteiger partial charge in [-0.2, -0.15) is 9.57 Å². The zero-order valence-corrected chi connectivity index (χ0v) is 17.2. The number of nitrogens with zero attached hydrogens (tertiary/aromatic N) is 3. The zero-order chi connectivity index (χ0) is 20.9. The Kier molecular flexibility index (Phi) is 6.67. The van der Waals surface area contributed by atoms with Crippen molar-refractivity contribution in [1.82, 2.24) is 9.29 Å². The minimum Gasteiger partial charge on any atom is -0.439 e. The van der Waals surface area contributed by atoms with Crippen LogP contribution in [0.25, 0.3) is 11.3 Å². The molecule has 0 aliphatic rings. The number of methoxy groups -OCH3 is 1. The van der Waals surface area contributed by atoms with Gasteiger partial charge in [-0.15, -0.1) is 0 Å². The van der Waals surface area contributed by atoms with Crippen molar-refractivity contribution < 1.29 is 17.6 Å². The Hall–Kier alpha value is -2.70. The predicted molar refractivity (Wildman–Crippen MR) is 108 cm³/mol. The van der Waals surface area contributed by atoms with Gasteiger partial charge in [0.1, 0.15) is 0 Å². The minimum absolute atomic E-state index is 0.0563. The highest BCUT2D eigenvalue weighted by molar-refractivity contribution is 7.89. The van der Waals surface area contributed by atoms with Crippen molar-refractivity contribution in [3.63, 3.8) is 0 Å². The van der Waals surface area contributed by atoms with Gasteiger partial charge in [0.15, 0.2) is 5.76 Å². The van der Waals surface area contributed by atoms with Gasteiger partial charge in [0.05, 0.1) is 35.9 Å². The third kappa shape index (κ3) is 5.02. The summed E-state index contributed by atoms with van der Waals surface area (Å²) in [5.41, 5.74) is 1.17. The molecule has 0 atom stereocenters. The Morgan fingerprint density at radius 1 is 1.17 bits per heavy atom. The molecule has 0 saturated heterocycles. The predicted octanol–water partition coefficient (Wildman–Crippen LogP) is 3.70. The van der Waals surface area contributed by atoms with E-state index in [1.165, 1.54) is 35.7 Å². The molecule has 0 aliphatic heterocycles. The second-order valence-corrected chi connectivity index (χ2v) is 8.47. The number of ether oxygens (including phenoxy) is 1. The fourth-order valence-corrected chi connectivity index (χ4v) is 4.11. The molecule has 0 fully saturated rings. The quantitative estimate of drug-likeness (QED) is 0.539. The van der Waals surface area contributed by atoms with Crippen LogP contribution in [-0.2, 0) is 21.3 Å². The Morgan fingerprint density at radius 3 is 2.48 bits per heavy atom. The van der Waals surface area contributed by atoms with Gasteiger partial charge in [-0.05, 0) is 48.5 Å². The summed E-state index contributed by atoms with van der Waals surface area (Å²) >= 11 is 5.90. The smallest absolute Gasteiger partial charge is 0.243 e. The molecule has 1 heterocycles. The molecule has 0 saturated carbocycles. The van der Waals surface area contributed by atoms with Gasteiger partial charge in [0, 0.05) is 24.2 Å². The normalized spacial score (nSPS) is 11.5. The average Bonchev–Trinajstić information content (AvgIpc) is 3.20. The lowest BCUT2D eigenvalue weighted by Crippen LogP contribution is -2.33. The van der Waals surface area contributed by atoms with Crippen LogP contribution in [-0.4, -0.2) is 38.0 Å². The van der Waals surface area contributed by atoms with E-state index >= 15 is 0 Å². The first kappa shape index (κ1) is 21.0. The molecule has 0 N–H and O–H groups in total. The maximum atomic E-state index is 13.1. The fraction of sp³-hybridized carbons (Fsp3) is 0.200. The van der Waals surface area contributed by atoms with Crippen LogP contribution >= 0.6 is 11.6 Å². The first-order valence-corrected chi connectivity index (χ1v) is 10.5. The average molecular weight is 432 g/mol. The fourth-order valence-electron chi connectivity index (χ4n) is 2.61. The summed E-state index contributed by atoms with van der Waals surface area (Å²) in [5.74, 6) is 0.766. The molecular formula is C20H18ClN3O4S. The van der Waals surface area contributed by atoms with Crippen molar-refractivity contribution >= 4 is 21.6 Å². The second-order valence-electron chi connectivity index (χ2n) is 6.09. The molecule has 3 aromatic rings. The van der Waals surface area contributed by atoms with Crippen molar-refractivity contribution in [3.05, 3.63) is 71.2 Å². The number of hydrogen-bond donors (Lipinski definition) is 0. The molecule has 2 aromatic carbocycles. The van der Waals surface area contributed by atoms with E-state index in [-0.39, 0.29) is 30.5 Å². The zero-order valence-electron chi connectivity index (χ0n) is 15.6. The Bertz CT molecular complexity index is 1100. The van der Waals surface area contributed by atoms with E-state index in [4.69, 9.17) is 26.0 Å². The number of rotatable bonds is 8. The van der Waals surface area contributed by atoms with Crippen LogP contribution in [0.3, 0.4) is 0 Å². The molecule has 3 rings (SSSR count). The SMILES string of the molecule is COCCN(Cc1ncc(-c2ccc(Cl)cc2)o1)S(=O)(=O)c1ccc(C#N)cc1. The lowest BCUT2D eigenvalue weighted by atomic mass is 10.2. The van der Waals surface area contributed by atoms with E-state index in [0.29, 0.717) is 16.3 Å². The summed E-state index contributed by atoms with van der Waals surface area (Å²) in [6, 6.07) is 14.8. The summed E-state index contributed by atoms with van der Waals surface area (Å²) < 4.78 is 38.1. The van der Waals surface area contributed by atoms with E-state index in [2.05, 4.69) is 4.98 Å². The standard InChI is InChI=1S/C20H18ClN3O4S/c1-27-11-10-24(29(25,26)18-8-2-15(12-22)3-9-18)14-20-23-13-19(28-20)16-4-6-17(21)7-5-16/h2-9,13H,10-11,14H2,1H3. The van der Waals surface area contributed by atoms with Crippen molar-refractivity contribution in [2.24, 2.45) is 0 Å². The molecule has 0 amide bonds. The molecule has 0 spiro atoms. The van der Waals surface area contributed by atoms with Gasteiger partial charge < -0.3 is 9.15 Å². The van der Waals surface area contributed by atoms with E-state index < -0.39 is 10.0 Å². The van der Waals surface area contributed by atoms with Gasteiger partial charge in [-0.1, -0.05) is 11.6 Å². The summed E-state index contributed by atoms with van der Waals surface area (Å²) in [6.45, 7) is 0.275. The summed E-state index contributed by atoms with van der Waals surface area (Å²) in [7, 11) is -2.33. The monoisotopic (exact) mass is 431 g/mol. The lowest BCUT2D eigenvalue weighted by Gasteiger charge is -2.20. The van der Waals surface area contributed by atoms with E-state index in [9.17, 15) is 8.42 Å². The molecule has 7 nitrogen and oxygen atoms in total. The van der Waals surface area contributed by atoms with Crippen LogP contribution in [0, 0.1) is 11.3 Å². The molecule has 29 heavy (non-hydrogen) atoms. The van der Waals surface area contributed by atoms with Gasteiger partial charge >= 0.3 is 0 Å². The first-order chi connectivity index (χ1) is 13.9. The maximum Gasteiger partial charge on any atom is 0.243 e. The maximum absolute atomic E-state index is 13.1. The summed E-state index contributed by atoms with van der Waals surface area (Å²) in [6.07, 6.45) is 1.54. The van der Waals surface area contributed by atoms with Crippen LogP contribution in [0.15, 0.2) is 64.0 Å². The molecule has 0 radical (unpaired) electrons. The molecule has 0 unspecified atom stereocenters. The van der Waals surface area contributed by atoms with Crippen LogP contribution in [0.5, 0.6) is 0 Å². The number of oxazole rings is 1. The summed E-state index contributed by atoms with van der Waals surface area (Å²) in [5, 5.41) is 9.51. The number of benzene rings is 2. The van der Waals surface area contributed by atoms with Crippen molar-refractivity contribution in [1.29, 1.82) is 5.26 Å². The van der Waals surface area contributed by atoms with Gasteiger partial charge in [0.2, 0.25) is 15.9 Å². The Balaban J connectivity index is 1.85. The first-order valence-electron chi connectivity index (χ1n) is 8.64. The highest BCUT2D eigenvalue weighted by atomic mass is 35.5. The van der Waals surface area contributed by atoms with Crippen molar-refractivity contribution in [3.8, 4) is 17.4 Å². The Morgan fingerprint density at radius 2 is 1.86 bits per heavy atom. The van der Waals surface area contributed by atoms with Crippen molar-refractivity contribution in [2.45, 2.75) is 11.4 Å². The third-order valence-corrected chi connectivity index (χ3v) is 6.27. The van der Waals surface area contributed by atoms with Crippen LogP contribution < -0.4 is 0 Å². The van der Waals surface area contributed by atoms with Crippen LogP contribution in [0.2, 0.25) is 5.02 Å². The number of hydrogen-bond acceptors (Lipinski definition) is 6. The topological polar surface area (TPSA) is 96.4 Å². The third-order valence-electron chi connectivity index (χ3n) is 4.16. The largest absolute Gasteiger partial charge is 0.439 e. The highest BCUT2D eigenvalue weighted by Crippen LogP contribution is 2.24. The van der Waals surface area contributed by atoms with E-state index in [1.54, 1.807) is 30.5 Å².